The molecule has 5 heteroatoms. The lowest BCUT2D eigenvalue weighted by atomic mass is 10.3. The van der Waals surface area contributed by atoms with Crippen molar-refractivity contribution in [2.24, 2.45) is 0 Å². The Labute approximate surface area is 68.4 Å². The fraction of sp³-hybridized carbons (Fsp3) is 0.333. The first-order valence-corrected chi connectivity index (χ1v) is 3.19. The highest BCUT2D eigenvalue weighted by molar-refractivity contribution is 6.30. The number of hydrogen-bond donors (Lipinski definition) is 1. The van der Waals surface area contributed by atoms with Crippen LogP contribution in [0.4, 0.5) is 0 Å². The molecule has 0 aromatic heterocycles. The molecule has 0 aliphatic carbocycles. The van der Waals surface area contributed by atoms with Crippen LogP contribution in [0.2, 0.25) is 0 Å². The summed E-state index contributed by atoms with van der Waals surface area (Å²) in [5.74, 6) is -1.95. The summed E-state index contributed by atoms with van der Waals surface area (Å²) in [5.41, 5.74) is 0. The first kappa shape index (κ1) is 9.97. The van der Waals surface area contributed by atoms with Gasteiger partial charge in [0.25, 0.3) is 0 Å². The third kappa shape index (κ3) is 4.38. The van der Waals surface area contributed by atoms with Crippen molar-refractivity contribution in [1.29, 1.82) is 0 Å². The van der Waals surface area contributed by atoms with Gasteiger partial charge in [0.15, 0.2) is 0 Å². The zero-order valence-electron chi connectivity index (χ0n) is 5.62. The molecule has 0 spiro atoms. The summed E-state index contributed by atoms with van der Waals surface area (Å²) < 4.78 is 4.23. The molecule has 4 nitrogen and oxygen atoms in total. The number of carbonyl (C=O) groups is 2. The molecule has 11 heavy (non-hydrogen) atoms. The van der Waals surface area contributed by atoms with E-state index in [0.29, 0.717) is 0 Å². The van der Waals surface area contributed by atoms with Crippen LogP contribution in [0, 0.1) is 0 Å². The molecule has 0 amide bonds. The van der Waals surface area contributed by atoms with Crippen molar-refractivity contribution in [2.75, 3.05) is 0 Å². The SMILES string of the molecule is C=COC(=O)C(Cl)CC(=O)O. The van der Waals surface area contributed by atoms with E-state index in [4.69, 9.17) is 16.7 Å². The zero-order valence-corrected chi connectivity index (χ0v) is 6.37. The Morgan fingerprint density at radius 1 is 1.73 bits per heavy atom. The van der Waals surface area contributed by atoms with Gasteiger partial charge in [-0.05, 0) is 0 Å². The van der Waals surface area contributed by atoms with Crippen molar-refractivity contribution in [3.8, 4) is 0 Å². The molecule has 0 radical (unpaired) electrons. The van der Waals surface area contributed by atoms with Gasteiger partial charge in [0.05, 0.1) is 12.7 Å². The second-order valence-electron chi connectivity index (χ2n) is 1.67. The number of aliphatic carboxylic acids is 1. The number of esters is 1. The summed E-state index contributed by atoms with van der Waals surface area (Å²) in [6.07, 6.45) is 0.452. The molecule has 1 N–H and O–H groups in total. The molecule has 62 valence electrons. The molecule has 0 aromatic rings. The molecule has 0 saturated carbocycles. The highest BCUT2D eigenvalue weighted by atomic mass is 35.5. The predicted molar refractivity (Wildman–Crippen MR) is 38.2 cm³/mol. The van der Waals surface area contributed by atoms with Crippen LogP contribution in [0.25, 0.3) is 0 Å². The number of halogens is 1. The van der Waals surface area contributed by atoms with E-state index < -0.39 is 23.7 Å². The van der Waals surface area contributed by atoms with Gasteiger partial charge in [0, 0.05) is 0 Å². The van der Waals surface area contributed by atoms with Gasteiger partial charge in [0.1, 0.15) is 5.38 Å². The van der Waals surface area contributed by atoms with E-state index in [9.17, 15) is 9.59 Å². The van der Waals surface area contributed by atoms with Crippen molar-refractivity contribution < 1.29 is 19.4 Å². The molecule has 1 unspecified atom stereocenters. The van der Waals surface area contributed by atoms with Crippen molar-refractivity contribution in [1.82, 2.24) is 0 Å². The molecule has 1 atom stereocenters. The summed E-state index contributed by atoms with van der Waals surface area (Å²) in [5, 5.41) is 7.04. The van der Waals surface area contributed by atoms with E-state index in [1.165, 1.54) is 0 Å². The summed E-state index contributed by atoms with van der Waals surface area (Å²) >= 11 is 5.30. The van der Waals surface area contributed by atoms with Crippen LogP contribution < -0.4 is 0 Å². The van der Waals surface area contributed by atoms with Gasteiger partial charge in [-0.15, -0.1) is 11.6 Å². The summed E-state index contributed by atoms with van der Waals surface area (Å²) in [6, 6.07) is 0. The Bertz CT molecular complexity index is 177. The van der Waals surface area contributed by atoms with E-state index in [0.717, 1.165) is 6.26 Å². The van der Waals surface area contributed by atoms with Crippen LogP contribution in [0.15, 0.2) is 12.8 Å². The van der Waals surface area contributed by atoms with Crippen molar-refractivity contribution in [2.45, 2.75) is 11.8 Å². The number of carbonyl (C=O) groups excluding carboxylic acids is 1. The Morgan fingerprint density at radius 3 is 2.64 bits per heavy atom. The number of ether oxygens (including phenoxy) is 1. The maximum atomic E-state index is 10.6. The number of carboxylic acids is 1. The smallest absolute Gasteiger partial charge is 0.329 e. The lowest BCUT2D eigenvalue weighted by molar-refractivity contribution is -0.143. The third-order valence-electron chi connectivity index (χ3n) is 0.809. The first-order valence-electron chi connectivity index (χ1n) is 2.75. The minimum Gasteiger partial charge on any atom is -0.481 e. The summed E-state index contributed by atoms with van der Waals surface area (Å²) in [4.78, 5) is 20.6. The second-order valence-corrected chi connectivity index (χ2v) is 2.20. The highest BCUT2D eigenvalue weighted by Crippen LogP contribution is 2.04. The van der Waals surface area contributed by atoms with Crippen LogP contribution >= 0.6 is 11.6 Å². The second kappa shape index (κ2) is 4.73. The van der Waals surface area contributed by atoms with Gasteiger partial charge in [-0.2, -0.15) is 0 Å². The normalized spacial score (nSPS) is 11.7. The number of rotatable bonds is 4. The van der Waals surface area contributed by atoms with E-state index in [1.54, 1.807) is 0 Å². The minimum absolute atomic E-state index is 0.450. The minimum atomic E-state index is -1.15. The van der Waals surface area contributed by atoms with Gasteiger partial charge in [0.2, 0.25) is 0 Å². The molecule has 0 heterocycles. The van der Waals surface area contributed by atoms with Crippen LogP contribution in [-0.2, 0) is 14.3 Å². The standard InChI is InChI=1S/C6H7ClO4/c1-2-11-6(10)4(7)3-5(8)9/h2,4H,1,3H2,(H,8,9). The van der Waals surface area contributed by atoms with Crippen LogP contribution in [-0.4, -0.2) is 22.4 Å². The number of alkyl halides is 1. The quantitative estimate of drug-likeness (QED) is 0.392. The fourth-order valence-electron chi connectivity index (χ4n) is 0.393. The van der Waals surface area contributed by atoms with Gasteiger partial charge in [-0.1, -0.05) is 6.58 Å². The van der Waals surface area contributed by atoms with Crippen LogP contribution in [0.3, 0.4) is 0 Å². The third-order valence-corrected chi connectivity index (χ3v) is 1.14. The maximum Gasteiger partial charge on any atom is 0.329 e. The van der Waals surface area contributed by atoms with E-state index in [1.807, 2.05) is 0 Å². The molecule has 0 aliphatic rings. The number of carboxylic acid groups (broad SMARTS) is 1. The Morgan fingerprint density at radius 2 is 2.27 bits per heavy atom. The molecule has 0 aromatic carbocycles. The molecule has 0 saturated heterocycles. The Kier molecular flexibility index (Phi) is 4.29. The van der Waals surface area contributed by atoms with E-state index in [2.05, 4.69) is 11.3 Å². The van der Waals surface area contributed by atoms with E-state index >= 15 is 0 Å². The van der Waals surface area contributed by atoms with Crippen LogP contribution in [0.5, 0.6) is 0 Å². The summed E-state index contributed by atoms with van der Waals surface area (Å²) in [6.45, 7) is 3.11. The van der Waals surface area contributed by atoms with Gasteiger partial charge < -0.3 is 9.84 Å². The number of hydrogen-bond acceptors (Lipinski definition) is 3. The monoisotopic (exact) mass is 178 g/mol. The topological polar surface area (TPSA) is 63.6 Å². The molecular formula is C6H7ClO4. The lowest BCUT2D eigenvalue weighted by Gasteiger charge is -2.02. The molecule has 0 bridgehead atoms. The van der Waals surface area contributed by atoms with Crippen molar-refractivity contribution >= 4 is 23.5 Å². The average molecular weight is 179 g/mol. The molecule has 0 rings (SSSR count). The first-order chi connectivity index (χ1) is 5.07. The van der Waals surface area contributed by atoms with Crippen LogP contribution in [0.1, 0.15) is 6.42 Å². The van der Waals surface area contributed by atoms with E-state index in [-0.39, 0.29) is 0 Å². The molecule has 0 fully saturated rings. The fourth-order valence-corrected chi connectivity index (χ4v) is 0.576. The van der Waals surface area contributed by atoms with Gasteiger partial charge in [-0.25, -0.2) is 0 Å². The molecule has 0 aliphatic heterocycles. The lowest BCUT2D eigenvalue weighted by Crippen LogP contribution is -2.19. The van der Waals surface area contributed by atoms with Crippen molar-refractivity contribution in [3.05, 3.63) is 12.8 Å². The average Bonchev–Trinajstić information content (AvgIpc) is 1.86. The van der Waals surface area contributed by atoms with Gasteiger partial charge in [-0.3, -0.25) is 9.59 Å². The maximum absolute atomic E-state index is 10.6. The Balaban J connectivity index is 3.81. The molecular weight excluding hydrogens is 172 g/mol. The Hall–Kier alpha value is -1.03. The largest absolute Gasteiger partial charge is 0.481 e. The predicted octanol–water partition coefficient (Wildman–Crippen LogP) is 0.755. The zero-order chi connectivity index (χ0) is 8.85. The van der Waals surface area contributed by atoms with Gasteiger partial charge >= 0.3 is 11.9 Å². The summed E-state index contributed by atoms with van der Waals surface area (Å²) in [7, 11) is 0. The highest BCUT2D eigenvalue weighted by Gasteiger charge is 2.19. The van der Waals surface area contributed by atoms with Crippen molar-refractivity contribution in [3.63, 3.8) is 0 Å².